The zero-order valence-corrected chi connectivity index (χ0v) is 14.9. The van der Waals surface area contributed by atoms with Crippen molar-refractivity contribution in [2.75, 3.05) is 5.75 Å². The monoisotopic (exact) mass is 346 g/mol. The molecular formula is C17H22N4O2S. The molecule has 0 bridgehead atoms. The summed E-state index contributed by atoms with van der Waals surface area (Å²) in [5.74, 6) is -0.00986. The van der Waals surface area contributed by atoms with Crippen molar-refractivity contribution >= 4 is 23.6 Å². The van der Waals surface area contributed by atoms with E-state index >= 15 is 0 Å². The van der Waals surface area contributed by atoms with Crippen LogP contribution < -0.4 is 10.9 Å². The fourth-order valence-corrected chi connectivity index (χ4v) is 2.73. The summed E-state index contributed by atoms with van der Waals surface area (Å²) in [5.41, 5.74) is 7.11. The van der Waals surface area contributed by atoms with E-state index in [1.807, 2.05) is 31.2 Å². The molecule has 0 saturated heterocycles. The average molecular weight is 346 g/mol. The Morgan fingerprint density at radius 1 is 1.21 bits per heavy atom. The van der Waals surface area contributed by atoms with Gasteiger partial charge in [0.15, 0.2) is 5.69 Å². The Kier molecular flexibility index (Phi) is 6.43. The third kappa shape index (κ3) is 5.73. The number of amides is 2. The first-order chi connectivity index (χ1) is 11.4. The van der Waals surface area contributed by atoms with Crippen LogP contribution in [-0.2, 0) is 11.2 Å². The number of aromatic nitrogens is 2. The molecule has 3 N–H and O–H groups in total. The summed E-state index contributed by atoms with van der Waals surface area (Å²) in [7, 11) is 0. The van der Waals surface area contributed by atoms with Crippen molar-refractivity contribution < 1.29 is 9.59 Å². The van der Waals surface area contributed by atoms with E-state index in [0.29, 0.717) is 5.92 Å². The van der Waals surface area contributed by atoms with Gasteiger partial charge in [-0.05, 0) is 37.5 Å². The van der Waals surface area contributed by atoms with Crippen molar-refractivity contribution in [3.63, 3.8) is 0 Å². The normalized spacial score (nSPS) is 10.7. The lowest BCUT2D eigenvalue weighted by atomic mass is 10.1. The van der Waals surface area contributed by atoms with Crippen LogP contribution in [0.25, 0.3) is 0 Å². The molecule has 0 aliphatic rings. The van der Waals surface area contributed by atoms with E-state index < -0.39 is 5.91 Å². The third-order valence-corrected chi connectivity index (χ3v) is 4.21. The topological polar surface area (TPSA) is 86.9 Å². The molecule has 2 rings (SSSR count). The predicted molar refractivity (Wildman–Crippen MR) is 94.6 cm³/mol. The van der Waals surface area contributed by atoms with Crippen LogP contribution in [0.4, 0.5) is 0 Å². The van der Waals surface area contributed by atoms with Crippen LogP contribution in [0.5, 0.6) is 0 Å². The van der Waals surface area contributed by atoms with Crippen LogP contribution in [0, 0.1) is 12.8 Å². The summed E-state index contributed by atoms with van der Waals surface area (Å²) in [5, 5.41) is 6.78. The molecule has 0 atom stereocenters. The Bertz CT molecular complexity index is 695. The zero-order chi connectivity index (χ0) is 17.5. The molecule has 2 amide bonds. The van der Waals surface area contributed by atoms with E-state index in [1.165, 1.54) is 17.3 Å². The van der Waals surface area contributed by atoms with Crippen LogP contribution in [-0.4, -0.2) is 27.8 Å². The van der Waals surface area contributed by atoms with Crippen LogP contribution in [0.2, 0.25) is 0 Å². The average Bonchev–Trinajstić information content (AvgIpc) is 3.00. The summed E-state index contributed by atoms with van der Waals surface area (Å²) in [6.45, 7) is 6.19. The molecule has 2 aromatic rings. The molecule has 24 heavy (non-hydrogen) atoms. The molecule has 1 heterocycles. The predicted octanol–water partition coefficient (Wildman–Crippen LogP) is 2.47. The lowest BCUT2D eigenvalue weighted by Gasteiger charge is -2.06. The van der Waals surface area contributed by atoms with Gasteiger partial charge in [-0.2, -0.15) is 5.10 Å². The van der Waals surface area contributed by atoms with Gasteiger partial charge in [-0.25, -0.2) is 0 Å². The van der Waals surface area contributed by atoms with Gasteiger partial charge in [-0.3, -0.25) is 25.5 Å². The number of thioether (sulfide) groups is 1. The van der Waals surface area contributed by atoms with Gasteiger partial charge in [0.25, 0.3) is 5.91 Å². The number of rotatable bonds is 6. The minimum absolute atomic E-state index is 0.225. The second-order valence-electron chi connectivity index (χ2n) is 5.98. The molecule has 0 radical (unpaired) electrons. The van der Waals surface area contributed by atoms with Gasteiger partial charge < -0.3 is 0 Å². The molecule has 0 aliphatic heterocycles. The maximum atomic E-state index is 11.9. The summed E-state index contributed by atoms with van der Waals surface area (Å²) < 4.78 is 0. The number of carbonyl (C=O) groups excluding carboxylic acids is 2. The number of benzene rings is 1. The van der Waals surface area contributed by atoms with Gasteiger partial charge in [-0.15, -0.1) is 11.8 Å². The fourth-order valence-electron chi connectivity index (χ4n) is 2.03. The van der Waals surface area contributed by atoms with Gasteiger partial charge in [-0.1, -0.05) is 31.5 Å². The van der Waals surface area contributed by atoms with Gasteiger partial charge >= 0.3 is 0 Å². The number of carbonyl (C=O) groups is 2. The van der Waals surface area contributed by atoms with E-state index in [1.54, 1.807) is 6.07 Å². The Morgan fingerprint density at radius 2 is 1.92 bits per heavy atom. The first kappa shape index (κ1) is 18.1. The number of hydrogen-bond donors (Lipinski definition) is 3. The number of hydrogen-bond acceptors (Lipinski definition) is 4. The van der Waals surface area contributed by atoms with Crippen molar-refractivity contribution in [2.45, 2.75) is 32.1 Å². The molecule has 1 aromatic carbocycles. The van der Waals surface area contributed by atoms with Crippen molar-refractivity contribution in [1.29, 1.82) is 0 Å². The molecule has 7 heteroatoms. The highest BCUT2D eigenvalue weighted by atomic mass is 32.2. The van der Waals surface area contributed by atoms with Gasteiger partial charge in [0.2, 0.25) is 5.91 Å². The zero-order valence-electron chi connectivity index (χ0n) is 14.1. The Labute approximate surface area is 145 Å². The van der Waals surface area contributed by atoms with Crippen LogP contribution in [0.3, 0.4) is 0 Å². The van der Waals surface area contributed by atoms with E-state index in [9.17, 15) is 9.59 Å². The van der Waals surface area contributed by atoms with Gasteiger partial charge in [0.1, 0.15) is 0 Å². The molecule has 0 spiro atoms. The fraction of sp³-hybridized carbons (Fsp3) is 0.353. The molecule has 6 nitrogen and oxygen atoms in total. The minimum Gasteiger partial charge on any atom is -0.282 e. The minimum atomic E-state index is -0.435. The van der Waals surface area contributed by atoms with Crippen LogP contribution in [0.1, 0.15) is 35.6 Å². The van der Waals surface area contributed by atoms with E-state index in [2.05, 4.69) is 34.9 Å². The molecule has 128 valence electrons. The summed E-state index contributed by atoms with van der Waals surface area (Å²) in [4.78, 5) is 24.7. The quantitative estimate of drug-likeness (QED) is 0.554. The Balaban J connectivity index is 1.75. The third-order valence-electron chi connectivity index (χ3n) is 3.20. The summed E-state index contributed by atoms with van der Waals surface area (Å²) in [6, 6.07) is 9.61. The first-order valence-electron chi connectivity index (χ1n) is 7.77. The van der Waals surface area contributed by atoms with E-state index in [4.69, 9.17) is 0 Å². The standard InChI is InChI=1S/C17H22N4O2S/c1-11(2)8-13-9-15(19-18-13)17(23)21-20-16(22)10-24-14-6-4-12(3)5-7-14/h4-7,9,11H,8,10H2,1-3H3,(H,18,19)(H,20,22)(H,21,23). The maximum absolute atomic E-state index is 11.9. The summed E-state index contributed by atoms with van der Waals surface area (Å²) >= 11 is 1.41. The number of hydrazine groups is 1. The number of aryl methyl sites for hydroxylation is 1. The second kappa shape index (κ2) is 8.54. The lowest BCUT2D eigenvalue weighted by molar-refractivity contribution is -0.119. The molecule has 1 aromatic heterocycles. The highest BCUT2D eigenvalue weighted by Gasteiger charge is 2.12. The molecule has 0 fully saturated rings. The van der Waals surface area contributed by atoms with Crippen molar-refractivity contribution in [3.05, 3.63) is 47.3 Å². The Hall–Kier alpha value is -2.28. The smallest absolute Gasteiger partial charge is 0.282 e. The first-order valence-corrected chi connectivity index (χ1v) is 8.75. The largest absolute Gasteiger partial charge is 0.290 e. The van der Waals surface area contributed by atoms with Crippen molar-refractivity contribution in [2.24, 2.45) is 5.92 Å². The number of aromatic amines is 1. The van der Waals surface area contributed by atoms with Gasteiger partial charge in [0, 0.05) is 10.6 Å². The lowest BCUT2D eigenvalue weighted by Crippen LogP contribution is -2.42. The maximum Gasteiger partial charge on any atom is 0.290 e. The van der Waals surface area contributed by atoms with Crippen molar-refractivity contribution in [1.82, 2.24) is 21.0 Å². The van der Waals surface area contributed by atoms with E-state index in [0.717, 1.165) is 17.0 Å². The highest BCUT2D eigenvalue weighted by Crippen LogP contribution is 2.17. The van der Waals surface area contributed by atoms with Gasteiger partial charge in [0.05, 0.1) is 5.75 Å². The van der Waals surface area contributed by atoms with Crippen molar-refractivity contribution in [3.8, 4) is 0 Å². The van der Waals surface area contributed by atoms with Crippen LogP contribution in [0.15, 0.2) is 35.2 Å². The van der Waals surface area contributed by atoms with Crippen LogP contribution >= 0.6 is 11.8 Å². The molecule has 0 aliphatic carbocycles. The number of H-pyrrole nitrogens is 1. The molecular weight excluding hydrogens is 324 g/mol. The Morgan fingerprint density at radius 3 is 2.58 bits per heavy atom. The number of nitrogens with one attached hydrogen (secondary N) is 3. The summed E-state index contributed by atoms with van der Waals surface area (Å²) in [6.07, 6.45) is 0.819. The SMILES string of the molecule is Cc1ccc(SCC(=O)NNC(=O)c2cc(CC(C)C)[nH]n2)cc1. The van der Waals surface area contributed by atoms with E-state index in [-0.39, 0.29) is 17.4 Å². The number of nitrogens with zero attached hydrogens (tertiary/aromatic N) is 1. The second-order valence-corrected chi connectivity index (χ2v) is 7.03. The molecule has 0 unspecified atom stereocenters. The molecule has 0 saturated carbocycles. The highest BCUT2D eigenvalue weighted by molar-refractivity contribution is 8.00.